The van der Waals surface area contributed by atoms with Gasteiger partial charge in [0.05, 0.1) is 12.0 Å². The van der Waals surface area contributed by atoms with Crippen LogP contribution in [0.1, 0.15) is 28.6 Å². The molecule has 0 saturated carbocycles. The molecule has 0 aliphatic heterocycles. The molecular formula is C18H22N2O3S. The van der Waals surface area contributed by atoms with Crippen molar-refractivity contribution >= 4 is 23.2 Å². The number of amides is 2. The number of ether oxygens (including phenoxy) is 1. The van der Waals surface area contributed by atoms with Crippen LogP contribution in [0, 0.1) is 0 Å². The maximum absolute atomic E-state index is 12.3. The quantitative estimate of drug-likeness (QED) is 0.799. The molecule has 0 aliphatic rings. The van der Waals surface area contributed by atoms with Crippen LogP contribution in [0.4, 0.5) is 0 Å². The Morgan fingerprint density at radius 2 is 1.96 bits per heavy atom. The minimum Gasteiger partial charge on any atom is -0.497 e. The number of nitrogens with zero attached hydrogens (tertiary/aromatic N) is 1. The number of carbonyl (C=O) groups is 2. The molecular weight excluding hydrogens is 324 g/mol. The first-order valence-electron chi connectivity index (χ1n) is 7.86. The van der Waals surface area contributed by atoms with Crippen molar-refractivity contribution in [2.75, 3.05) is 20.2 Å². The lowest BCUT2D eigenvalue weighted by Gasteiger charge is -2.21. The average molecular weight is 346 g/mol. The van der Waals surface area contributed by atoms with Crippen LogP contribution in [0.2, 0.25) is 0 Å². The first-order valence-corrected chi connectivity index (χ1v) is 8.74. The van der Waals surface area contributed by atoms with Gasteiger partial charge < -0.3 is 15.0 Å². The lowest BCUT2D eigenvalue weighted by Crippen LogP contribution is -2.34. The molecule has 0 spiro atoms. The number of carbonyl (C=O) groups excluding carboxylic acids is 2. The zero-order valence-electron chi connectivity index (χ0n) is 14.0. The monoisotopic (exact) mass is 346 g/mol. The van der Waals surface area contributed by atoms with Gasteiger partial charge in [-0.2, -0.15) is 0 Å². The summed E-state index contributed by atoms with van der Waals surface area (Å²) in [6.07, 6.45) is 0.293. The number of hydrogen-bond acceptors (Lipinski definition) is 4. The van der Waals surface area contributed by atoms with E-state index in [2.05, 4.69) is 5.32 Å². The molecule has 0 saturated heterocycles. The second kappa shape index (κ2) is 9.08. The fourth-order valence-electron chi connectivity index (χ4n) is 2.26. The van der Waals surface area contributed by atoms with Crippen LogP contribution in [0.3, 0.4) is 0 Å². The first-order chi connectivity index (χ1) is 11.6. The highest BCUT2D eigenvalue weighted by molar-refractivity contribution is 7.12. The van der Waals surface area contributed by atoms with E-state index >= 15 is 0 Å². The molecule has 128 valence electrons. The predicted molar refractivity (Wildman–Crippen MR) is 95.4 cm³/mol. The van der Waals surface area contributed by atoms with Gasteiger partial charge in [-0.1, -0.05) is 18.2 Å². The summed E-state index contributed by atoms with van der Waals surface area (Å²) >= 11 is 1.39. The summed E-state index contributed by atoms with van der Waals surface area (Å²) in [7, 11) is 1.63. The van der Waals surface area contributed by atoms with Crippen LogP contribution in [-0.2, 0) is 11.3 Å². The van der Waals surface area contributed by atoms with E-state index in [9.17, 15) is 9.59 Å². The Hall–Kier alpha value is -2.34. The van der Waals surface area contributed by atoms with Crippen LogP contribution in [0.15, 0.2) is 41.8 Å². The van der Waals surface area contributed by atoms with E-state index in [0.717, 1.165) is 11.3 Å². The Labute approximate surface area is 146 Å². The molecule has 0 atom stereocenters. The molecule has 0 fully saturated rings. The van der Waals surface area contributed by atoms with Crippen molar-refractivity contribution in [3.8, 4) is 5.75 Å². The summed E-state index contributed by atoms with van der Waals surface area (Å²) in [5, 5.41) is 4.64. The van der Waals surface area contributed by atoms with E-state index in [1.807, 2.05) is 42.6 Å². The van der Waals surface area contributed by atoms with Crippen LogP contribution >= 0.6 is 11.3 Å². The van der Waals surface area contributed by atoms with Crippen molar-refractivity contribution in [3.63, 3.8) is 0 Å². The summed E-state index contributed by atoms with van der Waals surface area (Å²) in [4.78, 5) is 26.6. The minimum absolute atomic E-state index is 0.0276. The molecule has 2 amide bonds. The summed E-state index contributed by atoms with van der Waals surface area (Å²) in [5.74, 6) is 0.695. The van der Waals surface area contributed by atoms with Gasteiger partial charge in [-0.05, 0) is 36.1 Å². The van der Waals surface area contributed by atoms with Gasteiger partial charge in [0.15, 0.2) is 0 Å². The van der Waals surface area contributed by atoms with Crippen LogP contribution in [-0.4, -0.2) is 36.9 Å². The smallest absolute Gasteiger partial charge is 0.261 e. The molecule has 0 unspecified atom stereocenters. The highest BCUT2D eigenvalue weighted by atomic mass is 32.1. The molecule has 5 nitrogen and oxygen atoms in total. The highest BCUT2D eigenvalue weighted by Gasteiger charge is 2.13. The molecule has 0 bridgehead atoms. The molecule has 1 heterocycles. The largest absolute Gasteiger partial charge is 0.497 e. The van der Waals surface area contributed by atoms with Crippen LogP contribution < -0.4 is 10.1 Å². The Morgan fingerprint density at radius 1 is 1.21 bits per heavy atom. The van der Waals surface area contributed by atoms with Gasteiger partial charge in [0.1, 0.15) is 5.75 Å². The normalized spacial score (nSPS) is 10.2. The van der Waals surface area contributed by atoms with Crippen molar-refractivity contribution in [2.45, 2.75) is 19.9 Å². The Kier molecular flexibility index (Phi) is 6.81. The maximum atomic E-state index is 12.3. The van der Waals surface area contributed by atoms with Gasteiger partial charge in [-0.25, -0.2) is 0 Å². The second-order valence-electron chi connectivity index (χ2n) is 5.24. The fraction of sp³-hybridized carbons (Fsp3) is 0.333. The Bertz CT molecular complexity index is 653. The molecule has 2 rings (SSSR count). The molecule has 1 aromatic heterocycles. The van der Waals surface area contributed by atoms with Crippen LogP contribution in [0.5, 0.6) is 5.75 Å². The number of methoxy groups -OCH3 is 1. The topological polar surface area (TPSA) is 58.6 Å². The van der Waals surface area contributed by atoms with Crippen molar-refractivity contribution < 1.29 is 14.3 Å². The van der Waals surface area contributed by atoms with Crippen LogP contribution in [0.25, 0.3) is 0 Å². The average Bonchev–Trinajstić information content (AvgIpc) is 3.14. The third kappa shape index (κ3) is 5.09. The molecule has 24 heavy (non-hydrogen) atoms. The van der Waals surface area contributed by atoms with Gasteiger partial charge in [0, 0.05) is 26.1 Å². The van der Waals surface area contributed by atoms with Crippen molar-refractivity contribution in [1.82, 2.24) is 10.2 Å². The van der Waals surface area contributed by atoms with E-state index in [1.165, 1.54) is 11.3 Å². The SMILES string of the molecule is CCN(Cc1ccc(OC)cc1)C(=O)CCNC(=O)c1cccs1. The summed E-state index contributed by atoms with van der Waals surface area (Å²) in [5.41, 5.74) is 1.05. The fourth-order valence-corrected chi connectivity index (χ4v) is 2.90. The zero-order valence-corrected chi connectivity index (χ0v) is 14.8. The number of hydrogen-bond donors (Lipinski definition) is 1. The number of benzene rings is 1. The first kappa shape index (κ1) is 18.0. The summed E-state index contributed by atoms with van der Waals surface area (Å²) in [6.45, 7) is 3.47. The third-order valence-corrected chi connectivity index (χ3v) is 4.50. The predicted octanol–water partition coefficient (Wildman–Crippen LogP) is 2.93. The van der Waals surface area contributed by atoms with Gasteiger partial charge in [-0.15, -0.1) is 11.3 Å². The molecule has 0 radical (unpaired) electrons. The van der Waals surface area contributed by atoms with E-state index < -0.39 is 0 Å². The Morgan fingerprint density at radius 3 is 2.54 bits per heavy atom. The molecule has 1 N–H and O–H groups in total. The Balaban J connectivity index is 1.81. The van der Waals surface area contributed by atoms with Crippen molar-refractivity contribution in [1.29, 1.82) is 0 Å². The maximum Gasteiger partial charge on any atom is 0.261 e. The van der Waals surface area contributed by atoms with Gasteiger partial charge in [-0.3, -0.25) is 9.59 Å². The van der Waals surface area contributed by atoms with Gasteiger partial charge in [0.25, 0.3) is 5.91 Å². The lowest BCUT2D eigenvalue weighted by molar-refractivity contribution is -0.131. The van der Waals surface area contributed by atoms with Gasteiger partial charge >= 0.3 is 0 Å². The van der Waals surface area contributed by atoms with E-state index in [0.29, 0.717) is 30.9 Å². The van der Waals surface area contributed by atoms with E-state index in [4.69, 9.17) is 4.74 Å². The minimum atomic E-state index is -0.129. The van der Waals surface area contributed by atoms with E-state index in [-0.39, 0.29) is 11.8 Å². The third-order valence-electron chi connectivity index (χ3n) is 3.64. The zero-order chi connectivity index (χ0) is 17.4. The number of nitrogens with one attached hydrogen (secondary N) is 1. The van der Waals surface area contributed by atoms with Crippen molar-refractivity contribution in [2.24, 2.45) is 0 Å². The summed E-state index contributed by atoms with van der Waals surface area (Å²) < 4.78 is 5.13. The molecule has 0 aliphatic carbocycles. The van der Waals surface area contributed by atoms with E-state index in [1.54, 1.807) is 18.1 Å². The highest BCUT2D eigenvalue weighted by Crippen LogP contribution is 2.13. The molecule has 2 aromatic rings. The standard InChI is InChI=1S/C18H22N2O3S/c1-3-20(13-14-6-8-15(23-2)9-7-14)17(21)10-11-19-18(22)16-5-4-12-24-16/h4-9,12H,3,10-11,13H2,1-2H3,(H,19,22). The number of rotatable bonds is 8. The molecule has 1 aromatic carbocycles. The summed E-state index contributed by atoms with van der Waals surface area (Å²) in [6, 6.07) is 11.3. The molecule has 6 heteroatoms. The van der Waals surface area contributed by atoms with Crippen molar-refractivity contribution in [3.05, 3.63) is 52.2 Å². The lowest BCUT2D eigenvalue weighted by atomic mass is 10.2. The van der Waals surface area contributed by atoms with Gasteiger partial charge in [0.2, 0.25) is 5.91 Å². The second-order valence-corrected chi connectivity index (χ2v) is 6.19. The number of thiophene rings is 1.